The normalized spacial score (nSPS) is 9.44. The summed E-state index contributed by atoms with van der Waals surface area (Å²) in [6, 6.07) is 16.4. The Kier molecular flexibility index (Phi) is 5.21. The van der Waals surface area contributed by atoms with Crippen LogP contribution in [-0.2, 0) is 6.42 Å². The molecule has 0 atom stereocenters. The lowest BCUT2D eigenvalue weighted by atomic mass is 10.0. The van der Waals surface area contributed by atoms with Crippen molar-refractivity contribution in [2.24, 2.45) is 0 Å². The van der Waals surface area contributed by atoms with Crippen molar-refractivity contribution in [1.29, 1.82) is 0 Å². The fourth-order valence-electron chi connectivity index (χ4n) is 1.82. The first-order valence-electron chi connectivity index (χ1n) is 5.58. The van der Waals surface area contributed by atoms with Crippen LogP contribution in [-0.4, -0.2) is 14.2 Å². The third-order valence-corrected chi connectivity index (χ3v) is 2.70. The molecule has 0 aliphatic carbocycles. The van der Waals surface area contributed by atoms with E-state index in [-0.39, 0.29) is 6.15 Å². The van der Waals surface area contributed by atoms with Crippen LogP contribution in [0.3, 0.4) is 0 Å². The number of hydrogen-bond donors (Lipinski definition) is 1. The Morgan fingerprint density at radius 2 is 1.44 bits per heavy atom. The molecule has 18 heavy (non-hydrogen) atoms. The van der Waals surface area contributed by atoms with Crippen molar-refractivity contribution in [2.45, 2.75) is 6.42 Å². The van der Waals surface area contributed by atoms with Crippen molar-refractivity contribution in [3.63, 3.8) is 0 Å². The van der Waals surface area contributed by atoms with Gasteiger partial charge in [0.15, 0.2) is 11.5 Å². The second kappa shape index (κ2) is 6.67. The quantitative estimate of drug-likeness (QED) is 0.897. The highest BCUT2D eigenvalue weighted by molar-refractivity contribution is 5.44. The van der Waals surface area contributed by atoms with Crippen molar-refractivity contribution in [3.05, 3.63) is 59.7 Å². The Balaban J connectivity index is 0.00000162. The zero-order valence-electron chi connectivity index (χ0n) is 10.8. The third-order valence-electron chi connectivity index (χ3n) is 2.70. The molecule has 2 rings (SSSR count). The van der Waals surface area contributed by atoms with Gasteiger partial charge in [-0.3, -0.25) is 0 Å². The Bertz CT molecular complexity index is 483. The zero-order chi connectivity index (χ0) is 12.1. The van der Waals surface area contributed by atoms with Crippen molar-refractivity contribution in [1.82, 2.24) is 6.15 Å². The predicted molar refractivity (Wildman–Crippen MR) is 73.8 cm³/mol. The molecule has 3 nitrogen and oxygen atoms in total. The molecular weight excluding hydrogens is 226 g/mol. The summed E-state index contributed by atoms with van der Waals surface area (Å²) < 4.78 is 10.5. The van der Waals surface area contributed by atoms with E-state index in [1.165, 1.54) is 11.1 Å². The van der Waals surface area contributed by atoms with Crippen LogP contribution >= 0.6 is 0 Å². The first-order valence-corrected chi connectivity index (χ1v) is 5.58. The van der Waals surface area contributed by atoms with E-state index in [9.17, 15) is 0 Å². The minimum absolute atomic E-state index is 0. The fraction of sp³-hybridized carbons (Fsp3) is 0.200. The van der Waals surface area contributed by atoms with Gasteiger partial charge in [-0.15, -0.1) is 0 Å². The molecule has 0 unspecified atom stereocenters. The molecule has 0 radical (unpaired) electrons. The van der Waals surface area contributed by atoms with Gasteiger partial charge in [0, 0.05) is 0 Å². The third kappa shape index (κ3) is 3.25. The SMILES string of the molecule is COc1ccc(Cc2ccccc2)cc1OC.N. The van der Waals surface area contributed by atoms with Crippen LogP contribution in [0.1, 0.15) is 11.1 Å². The maximum atomic E-state index is 5.29. The number of hydrogen-bond acceptors (Lipinski definition) is 3. The summed E-state index contributed by atoms with van der Waals surface area (Å²) in [5.41, 5.74) is 2.51. The number of ether oxygens (including phenoxy) is 2. The summed E-state index contributed by atoms with van der Waals surface area (Å²) in [4.78, 5) is 0. The average molecular weight is 245 g/mol. The minimum atomic E-state index is 0. The Morgan fingerprint density at radius 3 is 2.06 bits per heavy atom. The van der Waals surface area contributed by atoms with Gasteiger partial charge < -0.3 is 15.6 Å². The van der Waals surface area contributed by atoms with Gasteiger partial charge in [-0.1, -0.05) is 36.4 Å². The number of methoxy groups -OCH3 is 2. The highest BCUT2D eigenvalue weighted by Crippen LogP contribution is 2.28. The van der Waals surface area contributed by atoms with E-state index in [2.05, 4.69) is 30.3 Å². The molecule has 0 saturated carbocycles. The van der Waals surface area contributed by atoms with E-state index in [1.807, 2.05) is 18.2 Å². The Labute approximate surface area is 108 Å². The molecule has 3 heteroatoms. The first kappa shape index (κ1) is 14.1. The van der Waals surface area contributed by atoms with E-state index in [0.717, 1.165) is 17.9 Å². The van der Waals surface area contributed by atoms with Gasteiger partial charge >= 0.3 is 0 Å². The first-order chi connectivity index (χ1) is 8.33. The molecule has 0 aromatic heterocycles. The van der Waals surface area contributed by atoms with Crippen LogP contribution in [0, 0.1) is 0 Å². The highest BCUT2D eigenvalue weighted by atomic mass is 16.5. The zero-order valence-corrected chi connectivity index (χ0v) is 10.8. The molecule has 2 aromatic rings. The fourth-order valence-corrected chi connectivity index (χ4v) is 1.82. The Hall–Kier alpha value is -2.00. The van der Waals surface area contributed by atoms with E-state index >= 15 is 0 Å². The van der Waals surface area contributed by atoms with E-state index in [0.29, 0.717) is 0 Å². The van der Waals surface area contributed by atoms with Crippen molar-refractivity contribution >= 4 is 0 Å². The molecular formula is C15H19NO2. The molecule has 3 N–H and O–H groups in total. The lowest BCUT2D eigenvalue weighted by molar-refractivity contribution is 0.354. The van der Waals surface area contributed by atoms with Crippen LogP contribution < -0.4 is 15.6 Å². The highest BCUT2D eigenvalue weighted by Gasteiger charge is 2.04. The van der Waals surface area contributed by atoms with E-state index < -0.39 is 0 Å². The molecule has 0 fully saturated rings. The molecule has 0 aliphatic heterocycles. The maximum absolute atomic E-state index is 5.29. The summed E-state index contributed by atoms with van der Waals surface area (Å²) in [6.45, 7) is 0. The molecule has 0 heterocycles. The van der Waals surface area contributed by atoms with Crippen LogP contribution in [0.4, 0.5) is 0 Å². The predicted octanol–water partition coefficient (Wildman–Crippen LogP) is 3.46. The molecule has 0 bridgehead atoms. The lowest BCUT2D eigenvalue weighted by Gasteiger charge is -2.09. The van der Waals surface area contributed by atoms with Crippen molar-refractivity contribution in [3.8, 4) is 11.5 Å². The van der Waals surface area contributed by atoms with Crippen LogP contribution in [0.5, 0.6) is 11.5 Å². The second-order valence-electron chi connectivity index (χ2n) is 3.85. The van der Waals surface area contributed by atoms with Gasteiger partial charge in [-0.25, -0.2) is 0 Å². The molecule has 96 valence electrons. The van der Waals surface area contributed by atoms with E-state index in [4.69, 9.17) is 9.47 Å². The lowest BCUT2D eigenvalue weighted by Crippen LogP contribution is -1.93. The van der Waals surface area contributed by atoms with Crippen LogP contribution in [0.2, 0.25) is 0 Å². The summed E-state index contributed by atoms with van der Waals surface area (Å²) in [5.74, 6) is 1.55. The van der Waals surface area contributed by atoms with E-state index in [1.54, 1.807) is 14.2 Å². The molecule has 0 aliphatic rings. The van der Waals surface area contributed by atoms with Crippen LogP contribution in [0.25, 0.3) is 0 Å². The second-order valence-corrected chi connectivity index (χ2v) is 3.85. The number of rotatable bonds is 4. The van der Waals surface area contributed by atoms with Gasteiger partial charge in [0.1, 0.15) is 0 Å². The van der Waals surface area contributed by atoms with Gasteiger partial charge in [0.25, 0.3) is 0 Å². The topological polar surface area (TPSA) is 53.5 Å². The van der Waals surface area contributed by atoms with Crippen molar-refractivity contribution < 1.29 is 9.47 Å². The summed E-state index contributed by atoms with van der Waals surface area (Å²) >= 11 is 0. The smallest absolute Gasteiger partial charge is 0.160 e. The molecule has 0 amide bonds. The van der Waals surface area contributed by atoms with Gasteiger partial charge in [-0.2, -0.15) is 0 Å². The summed E-state index contributed by atoms with van der Waals surface area (Å²) in [7, 11) is 3.30. The number of benzene rings is 2. The van der Waals surface area contributed by atoms with Gasteiger partial charge in [0.05, 0.1) is 14.2 Å². The largest absolute Gasteiger partial charge is 0.493 e. The summed E-state index contributed by atoms with van der Waals surface area (Å²) in [6.07, 6.45) is 0.904. The summed E-state index contributed by atoms with van der Waals surface area (Å²) in [5, 5.41) is 0. The standard InChI is InChI=1S/C15H16O2.H3N/c1-16-14-9-8-13(11-15(14)17-2)10-12-6-4-3-5-7-12;/h3-9,11H,10H2,1-2H3;1H3. The molecule has 0 saturated heterocycles. The monoisotopic (exact) mass is 245 g/mol. The van der Waals surface area contributed by atoms with Crippen molar-refractivity contribution in [2.75, 3.05) is 14.2 Å². The average Bonchev–Trinajstić information content (AvgIpc) is 2.40. The minimum Gasteiger partial charge on any atom is -0.493 e. The van der Waals surface area contributed by atoms with Gasteiger partial charge in [-0.05, 0) is 29.7 Å². The Morgan fingerprint density at radius 1 is 0.778 bits per heavy atom. The molecule has 2 aromatic carbocycles. The van der Waals surface area contributed by atoms with Gasteiger partial charge in [0.2, 0.25) is 0 Å². The maximum Gasteiger partial charge on any atom is 0.160 e. The van der Waals surface area contributed by atoms with Crippen LogP contribution in [0.15, 0.2) is 48.5 Å². The molecule has 0 spiro atoms.